The first-order valence-corrected chi connectivity index (χ1v) is 6.76. The van der Waals surface area contributed by atoms with Crippen LogP contribution in [-0.2, 0) is 11.2 Å². The van der Waals surface area contributed by atoms with Gasteiger partial charge in [0.1, 0.15) is 5.82 Å². The summed E-state index contributed by atoms with van der Waals surface area (Å²) in [6.07, 6.45) is 2.93. The monoisotopic (exact) mass is 266 g/mol. The van der Waals surface area contributed by atoms with E-state index in [2.05, 4.69) is 5.32 Å². The Kier molecular flexibility index (Phi) is 6.50. The topological polar surface area (TPSA) is 55.1 Å². The van der Waals surface area contributed by atoms with Crippen LogP contribution in [0.15, 0.2) is 18.2 Å². The lowest BCUT2D eigenvalue weighted by atomic mass is 10.1. The fourth-order valence-electron chi connectivity index (χ4n) is 1.95. The van der Waals surface area contributed by atoms with Crippen molar-refractivity contribution in [2.75, 3.05) is 6.54 Å². The molecule has 4 heteroatoms. The Balaban J connectivity index is 2.24. The van der Waals surface area contributed by atoms with Gasteiger partial charge in [-0.15, -0.1) is 0 Å². The first-order chi connectivity index (χ1) is 8.99. The van der Waals surface area contributed by atoms with Gasteiger partial charge in [-0.05, 0) is 56.4 Å². The number of nitrogens with one attached hydrogen (secondary N) is 1. The zero-order valence-electron chi connectivity index (χ0n) is 11.7. The van der Waals surface area contributed by atoms with Crippen LogP contribution in [-0.4, -0.2) is 18.5 Å². The summed E-state index contributed by atoms with van der Waals surface area (Å²) in [5.41, 5.74) is 7.61. The normalized spacial score (nSPS) is 12.2. The molecule has 1 rings (SSSR count). The van der Waals surface area contributed by atoms with E-state index in [1.54, 1.807) is 6.07 Å². The third kappa shape index (κ3) is 6.34. The van der Waals surface area contributed by atoms with Crippen molar-refractivity contribution < 1.29 is 9.18 Å². The van der Waals surface area contributed by atoms with Crippen LogP contribution in [0.25, 0.3) is 0 Å². The van der Waals surface area contributed by atoms with E-state index in [-0.39, 0.29) is 17.8 Å². The second-order valence-electron chi connectivity index (χ2n) is 5.04. The van der Waals surface area contributed by atoms with Crippen molar-refractivity contribution in [2.24, 2.45) is 5.73 Å². The van der Waals surface area contributed by atoms with Gasteiger partial charge in [-0.1, -0.05) is 6.07 Å². The summed E-state index contributed by atoms with van der Waals surface area (Å²) in [7, 11) is 0. The Morgan fingerprint density at radius 2 is 2.21 bits per heavy atom. The van der Waals surface area contributed by atoms with E-state index < -0.39 is 0 Å². The van der Waals surface area contributed by atoms with Gasteiger partial charge in [0.05, 0.1) is 0 Å². The zero-order valence-corrected chi connectivity index (χ0v) is 11.7. The standard InChI is InChI=1S/C15H23FN2O/c1-11-10-14(16)7-6-13(11)8-9-18-15(19)5-3-4-12(2)17/h6-7,10,12H,3-5,8-9,17H2,1-2H3,(H,18,19). The fourth-order valence-corrected chi connectivity index (χ4v) is 1.95. The molecule has 3 N–H and O–H groups in total. The molecule has 0 aliphatic heterocycles. The molecule has 19 heavy (non-hydrogen) atoms. The van der Waals surface area contributed by atoms with Gasteiger partial charge >= 0.3 is 0 Å². The lowest BCUT2D eigenvalue weighted by molar-refractivity contribution is -0.121. The lowest BCUT2D eigenvalue weighted by Gasteiger charge is -2.08. The minimum absolute atomic E-state index is 0.0559. The Morgan fingerprint density at radius 3 is 2.84 bits per heavy atom. The second-order valence-corrected chi connectivity index (χ2v) is 5.04. The summed E-state index contributed by atoms with van der Waals surface area (Å²) in [5.74, 6) is -0.165. The van der Waals surface area contributed by atoms with Crippen LogP contribution < -0.4 is 11.1 Å². The van der Waals surface area contributed by atoms with Gasteiger partial charge in [-0.25, -0.2) is 4.39 Å². The van der Waals surface area contributed by atoms with Crippen LogP contribution in [0.3, 0.4) is 0 Å². The molecule has 1 atom stereocenters. The molecule has 1 aromatic carbocycles. The zero-order chi connectivity index (χ0) is 14.3. The Bertz CT molecular complexity index is 419. The number of carbonyl (C=O) groups excluding carboxylic acids is 1. The van der Waals surface area contributed by atoms with E-state index in [4.69, 9.17) is 5.73 Å². The third-order valence-corrected chi connectivity index (χ3v) is 3.08. The Morgan fingerprint density at radius 1 is 1.47 bits per heavy atom. The van der Waals surface area contributed by atoms with Gasteiger partial charge in [0, 0.05) is 19.0 Å². The van der Waals surface area contributed by atoms with Crippen LogP contribution >= 0.6 is 0 Å². The Labute approximate surface area is 114 Å². The molecule has 0 aliphatic rings. The fraction of sp³-hybridized carbons (Fsp3) is 0.533. The molecule has 0 heterocycles. The van der Waals surface area contributed by atoms with Gasteiger partial charge in [-0.3, -0.25) is 4.79 Å². The number of amides is 1. The van der Waals surface area contributed by atoms with Crippen molar-refractivity contribution in [3.63, 3.8) is 0 Å². The first kappa shape index (κ1) is 15.6. The van der Waals surface area contributed by atoms with Crippen molar-refractivity contribution in [1.82, 2.24) is 5.32 Å². The van der Waals surface area contributed by atoms with Crippen LogP contribution in [0.4, 0.5) is 4.39 Å². The predicted molar refractivity (Wildman–Crippen MR) is 75.4 cm³/mol. The number of carbonyl (C=O) groups is 1. The van der Waals surface area contributed by atoms with Gasteiger partial charge in [0.2, 0.25) is 5.91 Å². The molecule has 0 saturated carbocycles. The van der Waals surface area contributed by atoms with Crippen molar-refractivity contribution in [2.45, 2.75) is 45.6 Å². The van der Waals surface area contributed by atoms with Crippen LogP contribution in [0, 0.1) is 12.7 Å². The molecule has 106 valence electrons. The van der Waals surface area contributed by atoms with Gasteiger partial charge in [0.25, 0.3) is 0 Å². The number of benzene rings is 1. The lowest BCUT2D eigenvalue weighted by Crippen LogP contribution is -2.26. The maximum absolute atomic E-state index is 12.9. The smallest absolute Gasteiger partial charge is 0.220 e. The molecule has 0 aromatic heterocycles. The molecule has 0 saturated heterocycles. The molecular weight excluding hydrogens is 243 g/mol. The SMILES string of the molecule is Cc1cc(F)ccc1CCNC(=O)CCCC(C)N. The molecule has 0 bridgehead atoms. The molecule has 0 radical (unpaired) electrons. The first-order valence-electron chi connectivity index (χ1n) is 6.76. The van der Waals surface area contributed by atoms with Gasteiger partial charge in [0.15, 0.2) is 0 Å². The van der Waals surface area contributed by atoms with E-state index in [0.717, 1.165) is 30.4 Å². The van der Waals surface area contributed by atoms with E-state index in [0.29, 0.717) is 13.0 Å². The largest absolute Gasteiger partial charge is 0.356 e. The van der Waals surface area contributed by atoms with E-state index in [1.807, 2.05) is 13.8 Å². The molecule has 1 unspecified atom stereocenters. The number of hydrogen-bond donors (Lipinski definition) is 2. The van der Waals surface area contributed by atoms with Crippen molar-refractivity contribution in [3.8, 4) is 0 Å². The average molecular weight is 266 g/mol. The predicted octanol–water partition coefficient (Wildman–Crippen LogP) is 2.31. The van der Waals surface area contributed by atoms with Crippen LogP contribution in [0.5, 0.6) is 0 Å². The summed E-state index contributed by atoms with van der Waals surface area (Å²) in [6, 6.07) is 4.88. The van der Waals surface area contributed by atoms with Gasteiger partial charge in [-0.2, -0.15) is 0 Å². The minimum atomic E-state index is -0.221. The summed E-state index contributed by atoms with van der Waals surface area (Å²) in [5, 5.41) is 2.87. The van der Waals surface area contributed by atoms with Crippen molar-refractivity contribution in [1.29, 1.82) is 0 Å². The summed E-state index contributed by atoms with van der Waals surface area (Å²) < 4.78 is 12.9. The van der Waals surface area contributed by atoms with E-state index >= 15 is 0 Å². The highest BCUT2D eigenvalue weighted by Crippen LogP contribution is 2.10. The number of hydrogen-bond acceptors (Lipinski definition) is 2. The van der Waals surface area contributed by atoms with E-state index in [9.17, 15) is 9.18 Å². The number of rotatable bonds is 7. The van der Waals surface area contributed by atoms with Gasteiger partial charge < -0.3 is 11.1 Å². The Hall–Kier alpha value is -1.42. The second kappa shape index (κ2) is 7.89. The summed E-state index contributed by atoms with van der Waals surface area (Å²) in [6.45, 7) is 4.40. The van der Waals surface area contributed by atoms with Crippen molar-refractivity contribution in [3.05, 3.63) is 35.1 Å². The highest BCUT2D eigenvalue weighted by molar-refractivity contribution is 5.75. The molecule has 1 aromatic rings. The highest BCUT2D eigenvalue weighted by Gasteiger charge is 2.04. The molecule has 0 aliphatic carbocycles. The van der Waals surface area contributed by atoms with Crippen LogP contribution in [0.1, 0.15) is 37.3 Å². The molecule has 0 spiro atoms. The minimum Gasteiger partial charge on any atom is -0.356 e. The molecule has 1 amide bonds. The maximum atomic E-state index is 12.9. The maximum Gasteiger partial charge on any atom is 0.220 e. The van der Waals surface area contributed by atoms with Crippen LogP contribution in [0.2, 0.25) is 0 Å². The summed E-state index contributed by atoms with van der Waals surface area (Å²) >= 11 is 0. The number of nitrogens with two attached hydrogens (primary N) is 1. The molecular formula is C15H23FN2O. The number of aryl methyl sites for hydroxylation is 1. The highest BCUT2D eigenvalue weighted by atomic mass is 19.1. The quantitative estimate of drug-likeness (QED) is 0.795. The van der Waals surface area contributed by atoms with E-state index in [1.165, 1.54) is 12.1 Å². The summed E-state index contributed by atoms with van der Waals surface area (Å²) in [4.78, 5) is 11.5. The third-order valence-electron chi connectivity index (χ3n) is 3.08. The number of halogens is 1. The molecule has 3 nitrogen and oxygen atoms in total. The molecule has 0 fully saturated rings. The average Bonchev–Trinajstić information content (AvgIpc) is 2.31. The van der Waals surface area contributed by atoms with Crippen molar-refractivity contribution >= 4 is 5.91 Å².